The second kappa shape index (κ2) is 5.83. The Balaban J connectivity index is 2.10. The van der Waals surface area contributed by atoms with Crippen molar-refractivity contribution in [2.45, 2.75) is 6.42 Å². The highest BCUT2D eigenvalue weighted by molar-refractivity contribution is 5.60. The van der Waals surface area contributed by atoms with E-state index in [1.807, 2.05) is 4.90 Å². The van der Waals surface area contributed by atoms with Crippen LogP contribution in [-0.4, -0.2) is 59.3 Å². The summed E-state index contributed by atoms with van der Waals surface area (Å²) in [7, 11) is 0. The first-order valence-corrected chi connectivity index (χ1v) is 6.13. The summed E-state index contributed by atoms with van der Waals surface area (Å²) >= 11 is 0. The molecule has 0 spiro atoms. The number of hydrogen-bond acceptors (Lipinski definition) is 6. The van der Waals surface area contributed by atoms with Crippen LogP contribution in [0.4, 0.5) is 11.5 Å². The summed E-state index contributed by atoms with van der Waals surface area (Å²) in [5.41, 5.74) is 5.64. The van der Waals surface area contributed by atoms with Crippen molar-refractivity contribution in [3.8, 4) is 0 Å². The molecule has 1 fully saturated rings. The largest absolute Gasteiger partial charge is 0.395 e. The minimum absolute atomic E-state index is 0.172. The molecule has 0 radical (unpaired) electrons. The van der Waals surface area contributed by atoms with Gasteiger partial charge in [-0.1, -0.05) is 0 Å². The molecule has 1 aliphatic rings. The maximum atomic E-state index is 11.4. The van der Waals surface area contributed by atoms with Crippen LogP contribution in [0.15, 0.2) is 11.1 Å². The molecule has 0 saturated carbocycles. The molecule has 2 heterocycles. The van der Waals surface area contributed by atoms with E-state index < -0.39 is 0 Å². The first-order chi connectivity index (χ1) is 8.72. The fourth-order valence-electron chi connectivity index (χ4n) is 2.20. The van der Waals surface area contributed by atoms with Gasteiger partial charge >= 0.3 is 0 Å². The summed E-state index contributed by atoms with van der Waals surface area (Å²) in [6.45, 7) is 4.23. The molecule has 100 valence electrons. The van der Waals surface area contributed by atoms with Gasteiger partial charge in [0.25, 0.3) is 5.56 Å². The van der Waals surface area contributed by atoms with Crippen molar-refractivity contribution in [2.24, 2.45) is 0 Å². The normalized spacial score (nSPS) is 17.7. The fraction of sp³-hybridized carbons (Fsp3) is 0.636. The highest BCUT2D eigenvalue weighted by Gasteiger charge is 2.18. The lowest BCUT2D eigenvalue weighted by Gasteiger charge is -2.22. The number of nitrogens with one attached hydrogen (secondary N) is 1. The van der Waals surface area contributed by atoms with Crippen molar-refractivity contribution in [1.82, 2.24) is 14.9 Å². The van der Waals surface area contributed by atoms with E-state index in [0.29, 0.717) is 12.4 Å². The number of nitrogen functional groups attached to an aromatic ring is 1. The third-order valence-corrected chi connectivity index (χ3v) is 3.17. The van der Waals surface area contributed by atoms with Gasteiger partial charge in [0.2, 0.25) is 0 Å². The average molecular weight is 253 g/mol. The zero-order valence-electron chi connectivity index (χ0n) is 10.3. The molecule has 0 aliphatic carbocycles. The van der Waals surface area contributed by atoms with Gasteiger partial charge in [-0.3, -0.25) is 9.69 Å². The average Bonchev–Trinajstić information content (AvgIpc) is 2.59. The van der Waals surface area contributed by atoms with Crippen molar-refractivity contribution >= 4 is 11.5 Å². The number of aliphatic hydroxyl groups is 1. The maximum absolute atomic E-state index is 11.4. The molecule has 1 saturated heterocycles. The number of β-amino-alcohol motifs (C(OH)–C–C–N with tert-alkyl or cyclic N) is 1. The first kappa shape index (κ1) is 12.8. The molecule has 0 bridgehead atoms. The number of aromatic nitrogens is 2. The highest BCUT2D eigenvalue weighted by atomic mass is 16.3. The van der Waals surface area contributed by atoms with Crippen LogP contribution in [-0.2, 0) is 0 Å². The lowest BCUT2D eigenvalue weighted by atomic mass is 10.3. The van der Waals surface area contributed by atoms with E-state index in [1.165, 1.54) is 6.33 Å². The predicted molar refractivity (Wildman–Crippen MR) is 69.6 cm³/mol. The van der Waals surface area contributed by atoms with E-state index in [0.717, 1.165) is 32.6 Å². The molecule has 2 rings (SSSR count). The van der Waals surface area contributed by atoms with E-state index >= 15 is 0 Å². The minimum Gasteiger partial charge on any atom is -0.395 e. The summed E-state index contributed by atoms with van der Waals surface area (Å²) in [5, 5.41) is 8.94. The SMILES string of the molecule is Nc1c(N2CCCN(CCO)CC2)nc[nH]c1=O. The quantitative estimate of drug-likeness (QED) is 0.629. The van der Waals surface area contributed by atoms with Gasteiger partial charge in [-0.2, -0.15) is 0 Å². The monoisotopic (exact) mass is 253 g/mol. The van der Waals surface area contributed by atoms with Gasteiger partial charge in [0.05, 0.1) is 12.9 Å². The molecule has 18 heavy (non-hydrogen) atoms. The summed E-state index contributed by atoms with van der Waals surface area (Å²) in [6, 6.07) is 0. The van der Waals surface area contributed by atoms with Crippen LogP contribution in [0.5, 0.6) is 0 Å². The lowest BCUT2D eigenvalue weighted by Crippen LogP contribution is -2.33. The number of hydrogen-bond donors (Lipinski definition) is 3. The zero-order chi connectivity index (χ0) is 13.0. The second-order valence-electron chi connectivity index (χ2n) is 4.37. The number of H-pyrrole nitrogens is 1. The summed E-state index contributed by atoms with van der Waals surface area (Å²) in [5.74, 6) is 0.560. The van der Waals surface area contributed by atoms with Crippen molar-refractivity contribution in [3.05, 3.63) is 16.7 Å². The number of aromatic amines is 1. The molecule has 1 aromatic heterocycles. The molecule has 0 amide bonds. The van der Waals surface area contributed by atoms with Gasteiger partial charge in [0.1, 0.15) is 5.69 Å². The topological polar surface area (TPSA) is 98.5 Å². The summed E-state index contributed by atoms with van der Waals surface area (Å²) in [6.07, 6.45) is 2.35. The molecule has 4 N–H and O–H groups in total. The highest BCUT2D eigenvalue weighted by Crippen LogP contribution is 2.17. The van der Waals surface area contributed by atoms with Crippen molar-refractivity contribution < 1.29 is 5.11 Å². The third-order valence-electron chi connectivity index (χ3n) is 3.17. The standard InChI is InChI=1S/C11H19N5O2/c12-9-10(13-8-14-11(9)18)16-3-1-2-15(4-5-16)6-7-17/h8,17H,1-7,12H2,(H,13,14,18). The van der Waals surface area contributed by atoms with Crippen molar-refractivity contribution in [2.75, 3.05) is 50.0 Å². The lowest BCUT2D eigenvalue weighted by molar-refractivity contribution is 0.204. The number of anilines is 2. The minimum atomic E-state index is -0.295. The number of rotatable bonds is 3. The Morgan fingerprint density at radius 3 is 3.00 bits per heavy atom. The number of aliphatic hydroxyl groups excluding tert-OH is 1. The Hall–Kier alpha value is -1.60. The van der Waals surface area contributed by atoms with Crippen LogP contribution >= 0.6 is 0 Å². The van der Waals surface area contributed by atoms with Gasteiger partial charge in [0, 0.05) is 26.2 Å². The van der Waals surface area contributed by atoms with Gasteiger partial charge in [-0.15, -0.1) is 0 Å². The Labute approximate surface area is 105 Å². The predicted octanol–water partition coefficient (Wildman–Crippen LogP) is -1.14. The van der Waals surface area contributed by atoms with Crippen LogP contribution in [0.1, 0.15) is 6.42 Å². The molecule has 0 atom stereocenters. The van der Waals surface area contributed by atoms with E-state index in [1.54, 1.807) is 0 Å². The fourth-order valence-corrected chi connectivity index (χ4v) is 2.20. The molecular weight excluding hydrogens is 234 g/mol. The molecular formula is C11H19N5O2. The van der Waals surface area contributed by atoms with Gasteiger partial charge in [-0.05, 0) is 13.0 Å². The molecule has 0 aromatic carbocycles. The number of nitrogens with zero attached hydrogens (tertiary/aromatic N) is 3. The molecule has 1 aliphatic heterocycles. The van der Waals surface area contributed by atoms with E-state index in [9.17, 15) is 4.79 Å². The Kier molecular flexibility index (Phi) is 4.16. The van der Waals surface area contributed by atoms with E-state index in [2.05, 4.69) is 14.9 Å². The smallest absolute Gasteiger partial charge is 0.276 e. The van der Waals surface area contributed by atoms with Crippen molar-refractivity contribution in [3.63, 3.8) is 0 Å². The summed E-state index contributed by atoms with van der Waals surface area (Å²) < 4.78 is 0. The third kappa shape index (κ3) is 2.80. The Morgan fingerprint density at radius 2 is 2.22 bits per heavy atom. The molecule has 0 unspecified atom stereocenters. The Morgan fingerprint density at radius 1 is 1.39 bits per heavy atom. The maximum Gasteiger partial charge on any atom is 0.276 e. The van der Waals surface area contributed by atoms with Gasteiger partial charge in [-0.25, -0.2) is 4.98 Å². The molecule has 7 nitrogen and oxygen atoms in total. The van der Waals surface area contributed by atoms with Gasteiger partial charge in [0.15, 0.2) is 5.82 Å². The summed E-state index contributed by atoms with van der Waals surface area (Å²) in [4.78, 5) is 22.3. The van der Waals surface area contributed by atoms with Crippen LogP contribution in [0.3, 0.4) is 0 Å². The molecule has 7 heteroatoms. The van der Waals surface area contributed by atoms with Crippen LogP contribution in [0.2, 0.25) is 0 Å². The molecule has 1 aromatic rings. The van der Waals surface area contributed by atoms with E-state index in [4.69, 9.17) is 10.8 Å². The van der Waals surface area contributed by atoms with E-state index in [-0.39, 0.29) is 17.9 Å². The van der Waals surface area contributed by atoms with Crippen LogP contribution in [0.25, 0.3) is 0 Å². The van der Waals surface area contributed by atoms with Crippen LogP contribution < -0.4 is 16.2 Å². The first-order valence-electron chi connectivity index (χ1n) is 6.13. The van der Waals surface area contributed by atoms with Gasteiger partial charge < -0.3 is 20.7 Å². The van der Waals surface area contributed by atoms with Crippen LogP contribution in [0, 0.1) is 0 Å². The Bertz CT molecular complexity index is 447. The zero-order valence-corrected chi connectivity index (χ0v) is 10.3. The second-order valence-corrected chi connectivity index (χ2v) is 4.37. The van der Waals surface area contributed by atoms with Crippen molar-refractivity contribution in [1.29, 1.82) is 0 Å². The number of nitrogens with two attached hydrogens (primary N) is 1.